The first-order chi connectivity index (χ1) is 15.4. The van der Waals surface area contributed by atoms with E-state index >= 15 is 0 Å². The average molecular weight is 498 g/mol. The van der Waals surface area contributed by atoms with Gasteiger partial charge in [-0.25, -0.2) is 13.1 Å². The van der Waals surface area contributed by atoms with Crippen molar-refractivity contribution in [2.45, 2.75) is 50.7 Å². The van der Waals surface area contributed by atoms with Gasteiger partial charge in [-0.15, -0.1) is 0 Å². The van der Waals surface area contributed by atoms with E-state index in [2.05, 4.69) is 10.3 Å². The van der Waals surface area contributed by atoms with Crippen LogP contribution in [0, 0.1) is 20.8 Å². The molecule has 1 aliphatic heterocycles. The molecule has 33 heavy (non-hydrogen) atoms. The quantitative estimate of drug-likeness (QED) is 0.323. The van der Waals surface area contributed by atoms with Crippen LogP contribution in [0.5, 0.6) is 5.88 Å². The Morgan fingerprint density at radius 1 is 1.24 bits per heavy atom. The van der Waals surface area contributed by atoms with E-state index in [1.54, 1.807) is 32.9 Å². The Bertz CT molecular complexity index is 1360. The zero-order valence-electron chi connectivity index (χ0n) is 19.4. The SMILES string of the molecule is CCCS(=O)(=O)Oc1c(C(=O)C2CC(=NOC)c3c(C)ccc(C)c3S2(=O)=O)c(C)nn1C. The van der Waals surface area contributed by atoms with Crippen LogP contribution in [0.4, 0.5) is 0 Å². The zero-order chi connectivity index (χ0) is 24.7. The number of oxime groups is 1. The lowest BCUT2D eigenvalue weighted by molar-refractivity contribution is 0.0985. The number of sulfone groups is 1. The standard InChI is InChI=1S/C21H27N3O7S2/c1-7-10-32(26,27)31-21-18(14(4)22-24(21)5)19(25)16-11-15(23-30-6)17-12(2)8-9-13(3)20(17)33(16,28)29/h8-9,16H,7,10-11H2,1-6H3. The fraction of sp³-hybridized carbons (Fsp3) is 0.476. The minimum atomic E-state index is -4.14. The molecule has 180 valence electrons. The normalized spacial score (nSPS) is 18.7. The smallest absolute Gasteiger partial charge is 0.310 e. The number of ketones is 1. The molecule has 1 atom stereocenters. The molecule has 0 saturated carbocycles. The number of fused-ring (bicyclic) bond motifs is 1. The summed E-state index contributed by atoms with van der Waals surface area (Å²) in [4.78, 5) is 18.6. The third kappa shape index (κ3) is 4.41. The van der Waals surface area contributed by atoms with Gasteiger partial charge in [0, 0.05) is 19.0 Å². The van der Waals surface area contributed by atoms with Crippen LogP contribution in [0.25, 0.3) is 0 Å². The van der Waals surface area contributed by atoms with Crippen molar-refractivity contribution in [3.63, 3.8) is 0 Å². The minimum Gasteiger partial charge on any atom is -0.399 e. The number of aromatic nitrogens is 2. The molecule has 1 aromatic carbocycles. The van der Waals surface area contributed by atoms with E-state index in [1.165, 1.54) is 21.1 Å². The van der Waals surface area contributed by atoms with E-state index in [9.17, 15) is 21.6 Å². The first-order valence-corrected chi connectivity index (χ1v) is 13.4. The average Bonchev–Trinajstić information content (AvgIpc) is 2.97. The summed E-state index contributed by atoms with van der Waals surface area (Å²) in [6.07, 6.45) is 0.0769. The summed E-state index contributed by atoms with van der Waals surface area (Å²) in [6.45, 7) is 6.58. The summed E-state index contributed by atoms with van der Waals surface area (Å²) in [6, 6.07) is 3.46. The van der Waals surface area contributed by atoms with Crippen molar-refractivity contribution in [2.75, 3.05) is 12.9 Å². The summed E-state index contributed by atoms with van der Waals surface area (Å²) in [5.41, 5.74) is 1.89. The lowest BCUT2D eigenvalue weighted by Crippen LogP contribution is -2.39. The number of Topliss-reactive ketones (excluding diaryl/α,β-unsaturated/α-hetero) is 1. The van der Waals surface area contributed by atoms with Crippen LogP contribution >= 0.6 is 0 Å². The number of carbonyl (C=O) groups excluding carboxylic acids is 1. The monoisotopic (exact) mass is 497 g/mol. The molecule has 10 nitrogen and oxygen atoms in total. The molecule has 1 aliphatic rings. The van der Waals surface area contributed by atoms with Gasteiger partial charge >= 0.3 is 10.1 Å². The molecular weight excluding hydrogens is 470 g/mol. The maximum atomic E-state index is 13.7. The molecule has 0 N–H and O–H groups in total. The molecule has 0 saturated heterocycles. The highest BCUT2D eigenvalue weighted by atomic mass is 32.2. The number of hydrogen-bond donors (Lipinski definition) is 0. The molecule has 2 aromatic rings. The number of rotatable bonds is 7. The van der Waals surface area contributed by atoms with E-state index in [0.29, 0.717) is 28.8 Å². The molecule has 0 spiro atoms. The molecule has 0 amide bonds. The molecule has 1 unspecified atom stereocenters. The van der Waals surface area contributed by atoms with Crippen molar-refractivity contribution in [1.29, 1.82) is 0 Å². The minimum absolute atomic E-state index is 0.0190. The van der Waals surface area contributed by atoms with Crippen LogP contribution in [0.3, 0.4) is 0 Å². The van der Waals surface area contributed by atoms with Crippen LogP contribution in [0.15, 0.2) is 22.2 Å². The Morgan fingerprint density at radius 3 is 2.48 bits per heavy atom. The van der Waals surface area contributed by atoms with Crippen LogP contribution in [0.1, 0.15) is 52.5 Å². The molecule has 12 heteroatoms. The Labute approximate surface area is 193 Å². The van der Waals surface area contributed by atoms with Gasteiger partial charge in [0.25, 0.3) is 0 Å². The van der Waals surface area contributed by atoms with E-state index in [-0.39, 0.29) is 34.2 Å². The summed E-state index contributed by atoms with van der Waals surface area (Å²) in [5.74, 6) is -1.38. The van der Waals surface area contributed by atoms with Gasteiger partial charge in [0.15, 0.2) is 15.6 Å². The van der Waals surface area contributed by atoms with Crippen LogP contribution in [-0.2, 0) is 31.8 Å². The summed E-state index contributed by atoms with van der Waals surface area (Å²) < 4.78 is 58.2. The maximum Gasteiger partial charge on any atom is 0.310 e. The van der Waals surface area contributed by atoms with Gasteiger partial charge < -0.3 is 9.02 Å². The Hall–Kier alpha value is -2.73. The fourth-order valence-electron chi connectivity index (χ4n) is 4.06. The van der Waals surface area contributed by atoms with E-state index in [4.69, 9.17) is 9.02 Å². The van der Waals surface area contributed by atoms with Crippen molar-refractivity contribution in [3.05, 3.63) is 40.1 Å². The van der Waals surface area contributed by atoms with Gasteiger partial charge in [-0.3, -0.25) is 4.79 Å². The predicted molar refractivity (Wildman–Crippen MR) is 122 cm³/mol. The molecule has 3 rings (SSSR count). The zero-order valence-corrected chi connectivity index (χ0v) is 21.0. The lowest BCUT2D eigenvalue weighted by atomic mass is 9.95. The van der Waals surface area contributed by atoms with Gasteiger partial charge in [-0.2, -0.15) is 13.5 Å². The number of aryl methyl sites for hydroxylation is 4. The maximum absolute atomic E-state index is 13.7. The topological polar surface area (TPSA) is 134 Å². The largest absolute Gasteiger partial charge is 0.399 e. The van der Waals surface area contributed by atoms with Crippen LogP contribution in [0.2, 0.25) is 0 Å². The number of nitrogens with zero attached hydrogens (tertiary/aromatic N) is 3. The molecule has 0 fully saturated rings. The molecule has 0 aliphatic carbocycles. The lowest BCUT2D eigenvalue weighted by Gasteiger charge is -2.27. The van der Waals surface area contributed by atoms with Gasteiger partial charge in [0.2, 0.25) is 5.88 Å². The Balaban J connectivity index is 2.20. The number of hydrogen-bond acceptors (Lipinski definition) is 9. The summed E-state index contributed by atoms with van der Waals surface area (Å²) in [7, 11) is -5.37. The van der Waals surface area contributed by atoms with Crippen molar-refractivity contribution < 1.29 is 30.7 Å². The van der Waals surface area contributed by atoms with Crippen LogP contribution in [-0.4, -0.2) is 56.2 Å². The van der Waals surface area contributed by atoms with Gasteiger partial charge in [0.1, 0.15) is 17.9 Å². The van der Waals surface area contributed by atoms with E-state index < -0.39 is 31.0 Å². The van der Waals surface area contributed by atoms with Crippen molar-refractivity contribution >= 4 is 31.5 Å². The van der Waals surface area contributed by atoms with Crippen LogP contribution < -0.4 is 4.18 Å². The first kappa shape index (κ1) is 24.9. The van der Waals surface area contributed by atoms with Crippen molar-refractivity contribution in [3.8, 4) is 5.88 Å². The molecule has 0 radical (unpaired) electrons. The van der Waals surface area contributed by atoms with Crippen molar-refractivity contribution in [2.24, 2.45) is 12.2 Å². The Kier molecular flexibility index (Phi) is 6.72. The second kappa shape index (κ2) is 8.90. The molecule has 2 heterocycles. The Morgan fingerprint density at radius 2 is 1.88 bits per heavy atom. The van der Waals surface area contributed by atoms with E-state index in [0.717, 1.165) is 4.68 Å². The third-order valence-corrected chi connectivity index (χ3v) is 9.00. The third-order valence-electron chi connectivity index (χ3n) is 5.46. The highest BCUT2D eigenvalue weighted by Gasteiger charge is 2.45. The molecular formula is C21H27N3O7S2. The highest BCUT2D eigenvalue weighted by Crippen LogP contribution is 2.38. The van der Waals surface area contributed by atoms with Gasteiger partial charge in [-0.1, -0.05) is 24.2 Å². The summed E-state index contributed by atoms with van der Waals surface area (Å²) >= 11 is 0. The second-order valence-electron chi connectivity index (χ2n) is 7.96. The molecule has 1 aromatic heterocycles. The van der Waals surface area contributed by atoms with Crippen molar-refractivity contribution in [1.82, 2.24) is 9.78 Å². The highest BCUT2D eigenvalue weighted by molar-refractivity contribution is 7.93. The van der Waals surface area contributed by atoms with E-state index in [1.807, 2.05) is 0 Å². The van der Waals surface area contributed by atoms with Gasteiger partial charge in [-0.05, 0) is 38.3 Å². The number of benzene rings is 1. The fourth-order valence-corrected chi connectivity index (χ4v) is 7.21. The summed E-state index contributed by atoms with van der Waals surface area (Å²) in [5, 5.41) is 6.57. The number of carbonyl (C=O) groups is 1. The van der Waals surface area contributed by atoms with Gasteiger partial charge in [0.05, 0.1) is 22.1 Å². The predicted octanol–water partition coefficient (Wildman–Crippen LogP) is 2.24. The second-order valence-corrected chi connectivity index (χ2v) is 11.7. The molecule has 0 bridgehead atoms. The first-order valence-electron chi connectivity index (χ1n) is 10.3.